The summed E-state index contributed by atoms with van der Waals surface area (Å²) in [7, 11) is 0. The Kier molecular flexibility index (Phi) is 8.81. The Morgan fingerprint density at radius 1 is 0.690 bits per heavy atom. The molecule has 0 saturated heterocycles. The summed E-state index contributed by atoms with van der Waals surface area (Å²) in [5, 5.41) is 0. The molecule has 1 aliphatic rings. The highest BCUT2D eigenvalue weighted by Crippen LogP contribution is 2.47. The van der Waals surface area contributed by atoms with Crippen molar-refractivity contribution in [2.45, 2.75) is 84.0 Å². The molecule has 2 aromatic carbocycles. The zero-order valence-electron chi connectivity index (χ0n) is 18.5. The molecule has 0 spiro atoms. The van der Waals surface area contributed by atoms with Crippen molar-refractivity contribution < 1.29 is 0 Å². The Bertz CT molecular complexity index is 809. The van der Waals surface area contributed by atoms with Gasteiger partial charge in [-0.25, -0.2) is 0 Å². The van der Waals surface area contributed by atoms with Crippen molar-refractivity contribution in [3.63, 3.8) is 0 Å². The van der Waals surface area contributed by atoms with Crippen LogP contribution in [0.4, 0.5) is 0 Å². The molecule has 0 amide bonds. The minimum Gasteiger partial charge on any atom is -0.0876 e. The number of fused-ring (bicyclic) bond motifs is 3. The van der Waals surface area contributed by atoms with Crippen LogP contribution in [0.3, 0.4) is 0 Å². The molecule has 0 aliphatic heterocycles. The summed E-state index contributed by atoms with van der Waals surface area (Å²) >= 11 is 0. The molecule has 0 aromatic heterocycles. The lowest BCUT2D eigenvalue weighted by Crippen LogP contribution is -1.95. The Labute approximate surface area is 178 Å². The molecule has 0 N–H and O–H groups in total. The van der Waals surface area contributed by atoms with Crippen LogP contribution in [-0.2, 0) is 0 Å². The summed E-state index contributed by atoms with van der Waals surface area (Å²) in [5.41, 5.74) is 7.21. The Balaban J connectivity index is 1.78. The Morgan fingerprint density at radius 2 is 1.38 bits per heavy atom. The summed E-state index contributed by atoms with van der Waals surface area (Å²) in [6.07, 6.45) is 22.7. The quantitative estimate of drug-likeness (QED) is 0.252. The van der Waals surface area contributed by atoms with E-state index < -0.39 is 0 Å². The van der Waals surface area contributed by atoms with Crippen LogP contribution in [-0.4, -0.2) is 0 Å². The maximum atomic E-state index is 2.47. The first-order valence-corrected chi connectivity index (χ1v) is 11.9. The molecule has 1 atom stereocenters. The van der Waals surface area contributed by atoms with E-state index in [9.17, 15) is 0 Å². The Morgan fingerprint density at radius 3 is 2.14 bits per heavy atom. The number of hydrogen-bond acceptors (Lipinski definition) is 0. The van der Waals surface area contributed by atoms with Crippen molar-refractivity contribution >= 4 is 6.08 Å². The zero-order valence-corrected chi connectivity index (χ0v) is 18.5. The maximum Gasteiger partial charge on any atom is 0.0287 e. The van der Waals surface area contributed by atoms with E-state index in [4.69, 9.17) is 0 Å². The maximum absolute atomic E-state index is 2.47. The molecular formula is C29H38. The van der Waals surface area contributed by atoms with Crippen LogP contribution in [0.5, 0.6) is 0 Å². The van der Waals surface area contributed by atoms with E-state index in [0.29, 0.717) is 5.92 Å². The van der Waals surface area contributed by atoms with Crippen molar-refractivity contribution in [3.05, 3.63) is 77.4 Å². The molecule has 154 valence electrons. The lowest BCUT2D eigenvalue weighted by Gasteiger charge is -2.12. The first-order chi connectivity index (χ1) is 14.4. The van der Waals surface area contributed by atoms with Crippen LogP contribution in [0.25, 0.3) is 17.2 Å². The van der Waals surface area contributed by atoms with Crippen molar-refractivity contribution in [2.24, 2.45) is 0 Å². The van der Waals surface area contributed by atoms with Crippen molar-refractivity contribution in [3.8, 4) is 11.1 Å². The summed E-state index contributed by atoms with van der Waals surface area (Å²) in [6.45, 7) is 4.55. The fourth-order valence-corrected chi connectivity index (χ4v) is 4.50. The molecule has 1 aliphatic carbocycles. The van der Waals surface area contributed by atoms with Gasteiger partial charge in [0.15, 0.2) is 0 Å². The molecule has 29 heavy (non-hydrogen) atoms. The third-order valence-electron chi connectivity index (χ3n) is 6.11. The molecular weight excluding hydrogens is 348 g/mol. The molecule has 2 aromatic rings. The average molecular weight is 387 g/mol. The van der Waals surface area contributed by atoms with Gasteiger partial charge in [0.25, 0.3) is 0 Å². The molecule has 0 fully saturated rings. The van der Waals surface area contributed by atoms with E-state index in [0.717, 1.165) is 0 Å². The minimum atomic E-state index is 0.397. The average Bonchev–Trinajstić information content (AvgIpc) is 3.08. The van der Waals surface area contributed by atoms with Crippen LogP contribution in [0.2, 0.25) is 0 Å². The fourth-order valence-electron chi connectivity index (χ4n) is 4.50. The highest BCUT2D eigenvalue weighted by Gasteiger charge is 2.27. The second-order valence-electron chi connectivity index (χ2n) is 8.40. The van der Waals surface area contributed by atoms with Gasteiger partial charge >= 0.3 is 0 Å². The number of rotatable bonds is 12. The molecule has 0 saturated carbocycles. The summed E-state index contributed by atoms with van der Waals surface area (Å²) in [5.74, 6) is 0.397. The van der Waals surface area contributed by atoms with E-state index in [-0.39, 0.29) is 0 Å². The fraction of sp³-hybridized carbons (Fsp3) is 0.448. The van der Waals surface area contributed by atoms with Crippen LogP contribution in [0, 0.1) is 0 Å². The Hall–Kier alpha value is -2.08. The smallest absolute Gasteiger partial charge is 0.0287 e. The third-order valence-corrected chi connectivity index (χ3v) is 6.11. The van der Waals surface area contributed by atoms with E-state index in [1.165, 1.54) is 92.0 Å². The van der Waals surface area contributed by atoms with Crippen molar-refractivity contribution in [2.75, 3.05) is 0 Å². The minimum absolute atomic E-state index is 0.397. The van der Waals surface area contributed by atoms with Gasteiger partial charge in [-0.1, -0.05) is 119 Å². The third kappa shape index (κ3) is 5.72. The van der Waals surface area contributed by atoms with Crippen LogP contribution < -0.4 is 0 Å². The molecule has 0 heterocycles. The van der Waals surface area contributed by atoms with Gasteiger partial charge in [-0.05, 0) is 53.5 Å². The normalized spacial score (nSPS) is 15.3. The highest BCUT2D eigenvalue weighted by atomic mass is 14.3. The first kappa shape index (κ1) is 21.6. The van der Waals surface area contributed by atoms with Crippen LogP contribution in [0.15, 0.2) is 60.7 Å². The van der Waals surface area contributed by atoms with Gasteiger partial charge in [0.1, 0.15) is 0 Å². The SMILES string of the molecule is CCCCCCC=Cc1cccc2c1C(C=CCCCCCC)c1ccccc1-2. The number of unbranched alkanes of at least 4 members (excludes halogenated alkanes) is 8. The first-order valence-electron chi connectivity index (χ1n) is 11.9. The van der Waals surface area contributed by atoms with Gasteiger partial charge in [0, 0.05) is 5.92 Å². The molecule has 0 radical (unpaired) electrons. The van der Waals surface area contributed by atoms with E-state index >= 15 is 0 Å². The number of allylic oxidation sites excluding steroid dienone is 3. The highest BCUT2D eigenvalue weighted by molar-refractivity contribution is 5.83. The van der Waals surface area contributed by atoms with Crippen molar-refractivity contribution in [1.29, 1.82) is 0 Å². The lowest BCUT2D eigenvalue weighted by molar-refractivity contribution is 0.673. The van der Waals surface area contributed by atoms with Crippen molar-refractivity contribution in [1.82, 2.24) is 0 Å². The predicted molar refractivity (Wildman–Crippen MR) is 129 cm³/mol. The second kappa shape index (κ2) is 11.8. The van der Waals surface area contributed by atoms with E-state index in [1.54, 1.807) is 0 Å². The number of benzene rings is 2. The van der Waals surface area contributed by atoms with E-state index in [2.05, 4.69) is 80.6 Å². The largest absolute Gasteiger partial charge is 0.0876 e. The molecule has 1 unspecified atom stereocenters. The molecule has 3 rings (SSSR count). The topological polar surface area (TPSA) is 0 Å². The van der Waals surface area contributed by atoms with Gasteiger partial charge in [-0.15, -0.1) is 0 Å². The van der Waals surface area contributed by atoms with Crippen LogP contribution in [0.1, 0.15) is 101 Å². The number of hydrogen-bond donors (Lipinski definition) is 0. The monoisotopic (exact) mass is 386 g/mol. The summed E-state index contributed by atoms with van der Waals surface area (Å²) in [6, 6.07) is 15.8. The molecule has 0 heteroatoms. The standard InChI is InChI=1S/C29H38/c1-3-5-7-9-11-13-18-24-19-17-23-28-26-21-16-15-20-25(26)27(29(24)28)22-14-12-10-8-6-4-2/h13-23,27H,3-12H2,1-2H3. The lowest BCUT2D eigenvalue weighted by atomic mass is 9.91. The predicted octanol–water partition coefficient (Wildman–Crippen LogP) is 9.31. The molecule has 0 bridgehead atoms. The van der Waals surface area contributed by atoms with E-state index in [1.807, 2.05) is 0 Å². The summed E-state index contributed by atoms with van der Waals surface area (Å²) in [4.78, 5) is 0. The van der Waals surface area contributed by atoms with Crippen LogP contribution >= 0.6 is 0 Å². The summed E-state index contributed by atoms with van der Waals surface area (Å²) < 4.78 is 0. The zero-order chi connectivity index (χ0) is 20.3. The second-order valence-corrected chi connectivity index (χ2v) is 8.40. The van der Waals surface area contributed by atoms with Gasteiger partial charge in [-0.2, -0.15) is 0 Å². The van der Waals surface area contributed by atoms with Gasteiger partial charge in [0.2, 0.25) is 0 Å². The van der Waals surface area contributed by atoms with Gasteiger partial charge in [0.05, 0.1) is 0 Å². The molecule has 0 nitrogen and oxygen atoms in total. The van der Waals surface area contributed by atoms with Gasteiger partial charge in [-0.3, -0.25) is 0 Å². The van der Waals surface area contributed by atoms with Gasteiger partial charge < -0.3 is 0 Å².